The maximum absolute atomic E-state index is 10.6. The number of hydrogen-bond donors (Lipinski definition) is 0. The second-order valence-corrected chi connectivity index (χ2v) is 1.90. The van der Waals surface area contributed by atoms with Crippen molar-refractivity contribution in [3.8, 4) is 0 Å². The van der Waals surface area contributed by atoms with E-state index in [0.29, 0.717) is 12.2 Å². The van der Waals surface area contributed by atoms with E-state index in [1.54, 1.807) is 0 Å². The molecule has 0 atom stereocenters. The van der Waals surface area contributed by atoms with Crippen molar-refractivity contribution >= 4 is 5.78 Å². The first kappa shape index (κ1) is 7.67. The minimum atomic E-state index is 0.356. The van der Waals surface area contributed by atoms with E-state index < -0.39 is 0 Å². The lowest BCUT2D eigenvalue weighted by Crippen LogP contribution is -1.94. The van der Waals surface area contributed by atoms with Crippen LogP contribution in [-0.2, 0) is 4.79 Å². The van der Waals surface area contributed by atoms with Crippen LogP contribution in [0.1, 0.15) is 33.1 Å². The third kappa shape index (κ3) is 3.85. The van der Waals surface area contributed by atoms with Crippen LogP contribution < -0.4 is 0 Å². The normalized spacial score (nSPS) is 9.25. The SMILES string of the molecule is C[CH]CC(=O)CCC. The summed E-state index contributed by atoms with van der Waals surface area (Å²) in [4.78, 5) is 10.6. The zero-order chi connectivity index (χ0) is 6.41. The van der Waals surface area contributed by atoms with E-state index >= 15 is 0 Å². The van der Waals surface area contributed by atoms with Crippen LogP contribution in [0, 0.1) is 6.42 Å². The highest BCUT2D eigenvalue weighted by Gasteiger charge is 1.95. The van der Waals surface area contributed by atoms with Crippen molar-refractivity contribution < 1.29 is 4.79 Å². The summed E-state index contributed by atoms with van der Waals surface area (Å²) in [6, 6.07) is 0. The lowest BCUT2D eigenvalue weighted by molar-refractivity contribution is -0.118. The molecule has 0 fully saturated rings. The first-order valence-electron chi connectivity index (χ1n) is 3.10. The van der Waals surface area contributed by atoms with E-state index in [9.17, 15) is 4.79 Å². The molecule has 1 radical (unpaired) electrons. The molecule has 0 saturated heterocycles. The Bertz CT molecular complexity index is 58.8. The second kappa shape index (κ2) is 4.82. The zero-order valence-corrected chi connectivity index (χ0v) is 5.61. The lowest BCUT2D eigenvalue weighted by Gasteiger charge is -1.91. The van der Waals surface area contributed by atoms with Gasteiger partial charge in [0.05, 0.1) is 0 Å². The molecule has 0 aliphatic carbocycles. The predicted molar refractivity (Wildman–Crippen MR) is 34.5 cm³/mol. The fourth-order valence-electron chi connectivity index (χ4n) is 0.609. The fourth-order valence-corrected chi connectivity index (χ4v) is 0.609. The van der Waals surface area contributed by atoms with Gasteiger partial charge in [0.25, 0.3) is 0 Å². The average Bonchev–Trinajstić information content (AvgIpc) is 1.68. The summed E-state index contributed by atoms with van der Waals surface area (Å²) in [7, 11) is 0. The van der Waals surface area contributed by atoms with E-state index in [1.165, 1.54) is 0 Å². The summed E-state index contributed by atoms with van der Waals surface area (Å²) in [6.07, 6.45) is 4.27. The van der Waals surface area contributed by atoms with Gasteiger partial charge in [-0.05, 0) is 12.8 Å². The molecule has 0 N–H and O–H groups in total. The number of Topliss-reactive ketones (excluding diaryl/α,β-unsaturated/α-hetero) is 1. The molecule has 0 aromatic rings. The number of carbonyl (C=O) groups is 1. The van der Waals surface area contributed by atoms with Gasteiger partial charge in [0.2, 0.25) is 0 Å². The Kier molecular flexibility index (Phi) is 4.62. The van der Waals surface area contributed by atoms with Crippen LogP contribution in [0.3, 0.4) is 0 Å². The third-order valence-corrected chi connectivity index (χ3v) is 0.961. The largest absolute Gasteiger partial charge is 0.300 e. The Morgan fingerprint density at radius 3 is 2.62 bits per heavy atom. The van der Waals surface area contributed by atoms with Gasteiger partial charge in [-0.15, -0.1) is 0 Å². The van der Waals surface area contributed by atoms with E-state index in [2.05, 4.69) is 0 Å². The summed E-state index contributed by atoms with van der Waals surface area (Å²) >= 11 is 0. The van der Waals surface area contributed by atoms with Crippen LogP contribution in [0.4, 0.5) is 0 Å². The van der Waals surface area contributed by atoms with Crippen LogP contribution in [0.15, 0.2) is 0 Å². The van der Waals surface area contributed by atoms with Crippen molar-refractivity contribution in [3.63, 3.8) is 0 Å². The molecule has 1 nitrogen and oxygen atoms in total. The first-order valence-corrected chi connectivity index (χ1v) is 3.10. The van der Waals surface area contributed by atoms with Gasteiger partial charge < -0.3 is 0 Å². The van der Waals surface area contributed by atoms with Crippen molar-refractivity contribution in [1.82, 2.24) is 0 Å². The molecular weight excluding hydrogens is 100 g/mol. The Labute approximate surface area is 51.1 Å². The number of ketones is 1. The minimum Gasteiger partial charge on any atom is -0.300 e. The van der Waals surface area contributed by atoms with Crippen LogP contribution in [0.25, 0.3) is 0 Å². The van der Waals surface area contributed by atoms with Gasteiger partial charge in [0.1, 0.15) is 5.78 Å². The van der Waals surface area contributed by atoms with Crippen molar-refractivity contribution in [2.75, 3.05) is 0 Å². The predicted octanol–water partition coefficient (Wildman–Crippen LogP) is 1.97. The Balaban J connectivity index is 3.06. The van der Waals surface area contributed by atoms with Crippen LogP contribution >= 0.6 is 0 Å². The van der Waals surface area contributed by atoms with Gasteiger partial charge >= 0.3 is 0 Å². The number of hydrogen-bond acceptors (Lipinski definition) is 1. The van der Waals surface area contributed by atoms with E-state index in [0.717, 1.165) is 12.8 Å². The highest BCUT2D eigenvalue weighted by Crippen LogP contribution is 1.95. The first-order chi connectivity index (χ1) is 3.81. The zero-order valence-electron chi connectivity index (χ0n) is 5.61. The van der Waals surface area contributed by atoms with Crippen LogP contribution in [0.5, 0.6) is 0 Å². The molecule has 0 amide bonds. The summed E-state index contributed by atoms with van der Waals surface area (Å²) in [5.74, 6) is 0.356. The second-order valence-electron chi connectivity index (χ2n) is 1.90. The standard InChI is InChI=1S/C7H13O/c1-3-5-7(8)6-4-2/h3H,4-6H2,1-2H3. The van der Waals surface area contributed by atoms with Gasteiger partial charge in [-0.25, -0.2) is 0 Å². The molecule has 0 rings (SSSR count). The summed E-state index contributed by atoms with van der Waals surface area (Å²) < 4.78 is 0. The molecule has 0 saturated carbocycles. The monoisotopic (exact) mass is 113 g/mol. The maximum atomic E-state index is 10.6. The third-order valence-electron chi connectivity index (χ3n) is 0.961. The molecule has 0 aromatic heterocycles. The Morgan fingerprint density at radius 1 is 1.62 bits per heavy atom. The minimum absolute atomic E-state index is 0.356. The smallest absolute Gasteiger partial charge is 0.133 e. The lowest BCUT2D eigenvalue weighted by atomic mass is 10.1. The highest BCUT2D eigenvalue weighted by molar-refractivity contribution is 5.79. The van der Waals surface area contributed by atoms with Crippen LogP contribution in [0.2, 0.25) is 0 Å². The molecule has 0 heterocycles. The van der Waals surface area contributed by atoms with Gasteiger partial charge in [-0.1, -0.05) is 13.8 Å². The van der Waals surface area contributed by atoms with Gasteiger partial charge in [-0.3, -0.25) is 4.79 Å². The fraction of sp³-hybridized carbons (Fsp3) is 0.714. The molecule has 0 aliphatic heterocycles. The van der Waals surface area contributed by atoms with Crippen molar-refractivity contribution in [2.24, 2.45) is 0 Å². The highest BCUT2D eigenvalue weighted by atomic mass is 16.1. The summed E-state index contributed by atoms with van der Waals surface area (Å²) in [6.45, 7) is 3.93. The van der Waals surface area contributed by atoms with E-state index in [1.807, 2.05) is 20.3 Å². The van der Waals surface area contributed by atoms with Crippen LogP contribution in [-0.4, -0.2) is 5.78 Å². The van der Waals surface area contributed by atoms with Crippen molar-refractivity contribution in [2.45, 2.75) is 33.1 Å². The number of rotatable bonds is 4. The van der Waals surface area contributed by atoms with Crippen molar-refractivity contribution in [1.29, 1.82) is 0 Å². The molecule has 0 spiro atoms. The molecule has 47 valence electrons. The average molecular weight is 113 g/mol. The number of carbonyl (C=O) groups excluding carboxylic acids is 1. The van der Waals surface area contributed by atoms with Gasteiger partial charge in [-0.2, -0.15) is 0 Å². The van der Waals surface area contributed by atoms with E-state index in [-0.39, 0.29) is 0 Å². The molecular formula is C7H13O. The molecule has 8 heavy (non-hydrogen) atoms. The van der Waals surface area contributed by atoms with E-state index in [4.69, 9.17) is 0 Å². The topological polar surface area (TPSA) is 17.1 Å². The molecule has 1 heteroatoms. The molecule has 0 aliphatic rings. The van der Waals surface area contributed by atoms with Gasteiger partial charge in [0, 0.05) is 12.8 Å². The Morgan fingerprint density at radius 2 is 2.25 bits per heavy atom. The quantitative estimate of drug-likeness (QED) is 0.544. The maximum Gasteiger partial charge on any atom is 0.133 e. The molecule has 0 unspecified atom stereocenters. The molecule has 0 bridgehead atoms. The van der Waals surface area contributed by atoms with Gasteiger partial charge in [0.15, 0.2) is 0 Å². The summed E-state index contributed by atoms with van der Waals surface area (Å²) in [5.41, 5.74) is 0. The molecule has 0 aromatic carbocycles. The Hall–Kier alpha value is -0.330. The van der Waals surface area contributed by atoms with Crippen molar-refractivity contribution in [3.05, 3.63) is 6.42 Å². The summed E-state index contributed by atoms with van der Waals surface area (Å²) in [5, 5.41) is 0.